The van der Waals surface area contributed by atoms with Crippen LogP contribution in [-0.2, 0) is 19.4 Å². The lowest BCUT2D eigenvalue weighted by Gasteiger charge is -2.28. The predicted octanol–water partition coefficient (Wildman–Crippen LogP) is 4.64. The molecule has 2 nitrogen and oxygen atoms in total. The molecule has 0 atom stereocenters. The molecule has 2 heterocycles. The third-order valence-corrected chi connectivity index (χ3v) is 7.49. The SMILES string of the molecule is CCCCc1ccc(CC2(Cn3ccnc3)SCCS2)cc1. The van der Waals surface area contributed by atoms with Crippen molar-refractivity contribution in [2.45, 2.75) is 43.2 Å². The summed E-state index contributed by atoms with van der Waals surface area (Å²) < 4.78 is 2.49. The van der Waals surface area contributed by atoms with Gasteiger partial charge in [0.05, 0.1) is 10.4 Å². The molecule has 22 heavy (non-hydrogen) atoms. The lowest BCUT2D eigenvalue weighted by atomic mass is 10.0. The number of unbranched alkanes of at least 4 members (excludes halogenated alkanes) is 1. The predicted molar refractivity (Wildman–Crippen MR) is 98.6 cm³/mol. The van der Waals surface area contributed by atoms with E-state index in [1.165, 1.54) is 41.9 Å². The number of nitrogens with zero attached hydrogens (tertiary/aromatic N) is 2. The number of hydrogen-bond donors (Lipinski definition) is 0. The van der Waals surface area contributed by atoms with Gasteiger partial charge < -0.3 is 4.57 Å². The van der Waals surface area contributed by atoms with Gasteiger partial charge in [-0.1, -0.05) is 37.6 Å². The van der Waals surface area contributed by atoms with Gasteiger partial charge in [-0.2, -0.15) is 0 Å². The number of aromatic nitrogens is 2. The Kier molecular flexibility index (Phi) is 5.53. The Hall–Kier alpha value is -0.870. The van der Waals surface area contributed by atoms with Gasteiger partial charge in [0.15, 0.2) is 0 Å². The minimum absolute atomic E-state index is 0.269. The number of rotatable bonds is 7. The standard InChI is InChI=1S/C18H24N2S2/c1-2-3-4-16-5-7-17(8-6-16)13-18(21-11-12-22-18)14-20-10-9-19-15-20/h5-10,15H,2-4,11-14H2,1H3. The summed E-state index contributed by atoms with van der Waals surface area (Å²) in [5, 5.41) is 0. The first kappa shape index (κ1) is 16.0. The molecular weight excluding hydrogens is 308 g/mol. The normalized spacial score (nSPS) is 17.0. The fraction of sp³-hybridized carbons (Fsp3) is 0.500. The number of aryl methyl sites for hydroxylation is 1. The molecule has 0 amide bonds. The summed E-state index contributed by atoms with van der Waals surface area (Å²) in [7, 11) is 0. The summed E-state index contributed by atoms with van der Waals surface area (Å²) in [4.78, 5) is 4.19. The van der Waals surface area contributed by atoms with Crippen LogP contribution >= 0.6 is 23.5 Å². The molecule has 1 aromatic heterocycles. The second-order valence-electron chi connectivity index (χ2n) is 5.94. The fourth-order valence-corrected chi connectivity index (χ4v) is 6.18. The zero-order valence-corrected chi connectivity index (χ0v) is 14.8. The van der Waals surface area contributed by atoms with E-state index in [1.807, 2.05) is 12.5 Å². The Balaban J connectivity index is 1.68. The minimum atomic E-state index is 0.269. The van der Waals surface area contributed by atoms with Crippen molar-refractivity contribution in [2.24, 2.45) is 0 Å². The Bertz CT molecular complexity index is 557. The summed E-state index contributed by atoms with van der Waals surface area (Å²) in [6.07, 6.45) is 10.8. The maximum atomic E-state index is 4.19. The summed E-state index contributed by atoms with van der Waals surface area (Å²) >= 11 is 4.23. The van der Waals surface area contributed by atoms with Crippen molar-refractivity contribution >= 4 is 23.5 Å². The average molecular weight is 333 g/mol. The van der Waals surface area contributed by atoms with Crippen LogP contribution < -0.4 is 0 Å². The van der Waals surface area contributed by atoms with Crippen molar-refractivity contribution in [3.63, 3.8) is 0 Å². The zero-order valence-electron chi connectivity index (χ0n) is 13.2. The Morgan fingerprint density at radius 1 is 1.14 bits per heavy atom. The van der Waals surface area contributed by atoms with Crippen molar-refractivity contribution in [3.05, 3.63) is 54.1 Å². The number of benzene rings is 1. The largest absolute Gasteiger partial charge is 0.335 e. The van der Waals surface area contributed by atoms with Crippen molar-refractivity contribution in [3.8, 4) is 0 Å². The third-order valence-electron chi connectivity index (χ3n) is 4.11. The van der Waals surface area contributed by atoms with Crippen LogP contribution in [0.4, 0.5) is 0 Å². The van der Waals surface area contributed by atoms with Gasteiger partial charge in [0, 0.05) is 30.4 Å². The molecule has 0 N–H and O–H groups in total. The first-order valence-corrected chi connectivity index (χ1v) is 10.1. The molecule has 0 bridgehead atoms. The minimum Gasteiger partial charge on any atom is -0.335 e. The Labute approximate surface area is 142 Å². The maximum absolute atomic E-state index is 4.19. The highest BCUT2D eigenvalue weighted by Gasteiger charge is 2.36. The number of imidazole rings is 1. The third kappa shape index (κ3) is 4.11. The molecule has 0 spiro atoms. The lowest BCUT2D eigenvalue weighted by Crippen LogP contribution is -2.27. The topological polar surface area (TPSA) is 17.8 Å². The van der Waals surface area contributed by atoms with Crippen molar-refractivity contribution < 1.29 is 0 Å². The van der Waals surface area contributed by atoms with E-state index in [2.05, 4.69) is 70.5 Å². The van der Waals surface area contributed by atoms with Gasteiger partial charge in [0.1, 0.15) is 0 Å². The summed E-state index contributed by atoms with van der Waals surface area (Å²) in [6.45, 7) is 3.29. The van der Waals surface area contributed by atoms with Gasteiger partial charge in [-0.3, -0.25) is 0 Å². The second kappa shape index (κ2) is 7.60. The van der Waals surface area contributed by atoms with Gasteiger partial charge in [-0.15, -0.1) is 23.5 Å². The smallest absolute Gasteiger partial charge is 0.0946 e. The van der Waals surface area contributed by atoms with E-state index in [1.54, 1.807) is 0 Å². The van der Waals surface area contributed by atoms with E-state index in [4.69, 9.17) is 0 Å². The van der Waals surface area contributed by atoms with Gasteiger partial charge in [-0.05, 0) is 30.4 Å². The molecule has 118 valence electrons. The molecule has 2 aromatic rings. The monoisotopic (exact) mass is 332 g/mol. The highest BCUT2D eigenvalue weighted by Crippen LogP contribution is 2.47. The molecule has 0 saturated carbocycles. The highest BCUT2D eigenvalue weighted by molar-refractivity contribution is 8.21. The van der Waals surface area contributed by atoms with Crippen LogP contribution in [0.3, 0.4) is 0 Å². The lowest BCUT2D eigenvalue weighted by molar-refractivity contribution is 0.625. The van der Waals surface area contributed by atoms with Crippen molar-refractivity contribution in [2.75, 3.05) is 11.5 Å². The number of thioether (sulfide) groups is 2. The Morgan fingerprint density at radius 3 is 2.50 bits per heavy atom. The van der Waals surface area contributed by atoms with Crippen molar-refractivity contribution in [1.82, 2.24) is 9.55 Å². The van der Waals surface area contributed by atoms with E-state index in [0.717, 1.165) is 13.0 Å². The molecule has 1 aliphatic heterocycles. The molecule has 1 aromatic carbocycles. The van der Waals surface area contributed by atoms with Gasteiger partial charge in [0.25, 0.3) is 0 Å². The van der Waals surface area contributed by atoms with Gasteiger partial charge in [0.2, 0.25) is 0 Å². The first-order valence-electron chi connectivity index (χ1n) is 8.11. The van der Waals surface area contributed by atoms with Crippen LogP contribution in [0.5, 0.6) is 0 Å². The fourth-order valence-electron chi connectivity index (χ4n) is 2.92. The van der Waals surface area contributed by atoms with Crippen LogP contribution in [-0.4, -0.2) is 25.1 Å². The van der Waals surface area contributed by atoms with E-state index in [-0.39, 0.29) is 4.08 Å². The first-order chi connectivity index (χ1) is 10.8. The molecule has 0 unspecified atom stereocenters. The molecular formula is C18H24N2S2. The highest BCUT2D eigenvalue weighted by atomic mass is 32.2. The summed E-state index contributed by atoms with van der Waals surface area (Å²) in [5.41, 5.74) is 2.93. The van der Waals surface area contributed by atoms with Crippen LogP contribution in [0.25, 0.3) is 0 Å². The second-order valence-corrected chi connectivity index (χ2v) is 9.15. The van der Waals surface area contributed by atoms with Crippen LogP contribution in [0.15, 0.2) is 43.0 Å². The van der Waals surface area contributed by atoms with Gasteiger partial charge in [-0.25, -0.2) is 4.98 Å². The summed E-state index contributed by atoms with van der Waals surface area (Å²) in [5.74, 6) is 2.52. The van der Waals surface area contributed by atoms with E-state index >= 15 is 0 Å². The molecule has 4 heteroatoms. The summed E-state index contributed by atoms with van der Waals surface area (Å²) in [6, 6.07) is 9.31. The number of hydrogen-bond acceptors (Lipinski definition) is 3. The van der Waals surface area contributed by atoms with Gasteiger partial charge >= 0.3 is 0 Å². The van der Waals surface area contributed by atoms with Crippen molar-refractivity contribution in [1.29, 1.82) is 0 Å². The van der Waals surface area contributed by atoms with Crippen LogP contribution in [0.2, 0.25) is 0 Å². The molecule has 1 saturated heterocycles. The quantitative estimate of drug-likeness (QED) is 0.735. The average Bonchev–Trinajstić information content (AvgIpc) is 3.19. The Morgan fingerprint density at radius 2 is 1.86 bits per heavy atom. The van der Waals surface area contributed by atoms with Crippen LogP contribution in [0, 0.1) is 0 Å². The molecule has 1 fully saturated rings. The molecule has 0 radical (unpaired) electrons. The molecule has 0 aliphatic carbocycles. The zero-order chi connectivity index (χ0) is 15.3. The van der Waals surface area contributed by atoms with Crippen LogP contribution in [0.1, 0.15) is 30.9 Å². The van der Waals surface area contributed by atoms with E-state index in [9.17, 15) is 0 Å². The van der Waals surface area contributed by atoms with E-state index < -0.39 is 0 Å². The maximum Gasteiger partial charge on any atom is 0.0946 e. The molecule has 3 rings (SSSR count). The molecule has 1 aliphatic rings. The van der Waals surface area contributed by atoms with E-state index in [0.29, 0.717) is 0 Å².